The molecule has 138 valence electrons. The third-order valence-electron chi connectivity index (χ3n) is 5.77. The smallest absolute Gasteiger partial charge is 0.253 e. The maximum absolute atomic E-state index is 12.7. The van der Waals surface area contributed by atoms with Crippen LogP contribution in [0, 0.1) is 5.41 Å². The van der Waals surface area contributed by atoms with Gasteiger partial charge in [0.05, 0.1) is 10.1 Å². The number of nitrogens with two attached hydrogens (primary N) is 1. The lowest BCUT2D eigenvalue weighted by Gasteiger charge is -2.42. The van der Waals surface area contributed by atoms with Crippen LogP contribution in [-0.2, 0) is 9.84 Å². The molecule has 1 aromatic rings. The van der Waals surface area contributed by atoms with Gasteiger partial charge in [-0.15, -0.1) is 0 Å². The van der Waals surface area contributed by atoms with Crippen molar-refractivity contribution in [2.75, 3.05) is 13.1 Å². The molecular weight excluding hydrogens is 336 g/mol. The number of piperidine rings is 1. The average Bonchev–Trinajstić information content (AvgIpc) is 3.12. The molecule has 5 nitrogen and oxygen atoms in total. The number of likely N-dealkylation sites (tertiary alicyclic amines) is 1. The topological polar surface area (TPSA) is 80.5 Å². The third-order valence-corrected chi connectivity index (χ3v) is 8.05. The summed E-state index contributed by atoms with van der Waals surface area (Å²) in [6.07, 6.45) is 4.23. The van der Waals surface area contributed by atoms with Crippen LogP contribution in [0.2, 0.25) is 0 Å². The number of carbonyl (C=O) groups is 1. The van der Waals surface area contributed by atoms with Crippen LogP contribution in [0.25, 0.3) is 0 Å². The molecule has 0 spiro atoms. The highest BCUT2D eigenvalue weighted by atomic mass is 32.2. The summed E-state index contributed by atoms with van der Waals surface area (Å²) >= 11 is 0. The highest BCUT2D eigenvalue weighted by molar-refractivity contribution is 7.92. The SMILES string of the molecule is CC1(C)CN(C(=O)c2ccc(S(=O)(=O)C3CCCC3)cc2)CCC1N. The predicted octanol–water partition coefficient (Wildman–Crippen LogP) is 2.60. The Morgan fingerprint density at radius 3 is 2.28 bits per heavy atom. The molecular formula is C19H28N2O3S. The van der Waals surface area contributed by atoms with Crippen molar-refractivity contribution in [1.82, 2.24) is 4.90 Å². The molecule has 25 heavy (non-hydrogen) atoms. The van der Waals surface area contributed by atoms with E-state index in [-0.39, 0.29) is 22.6 Å². The molecule has 2 N–H and O–H groups in total. The Labute approximate surface area is 150 Å². The molecule has 0 aromatic heterocycles. The second-order valence-corrected chi connectivity index (χ2v) is 10.3. The summed E-state index contributed by atoms with van der Waals surface area (Å²) in [6, 6.07) is 6.55. The number of hydrogen-bond acceptors (Lipinski definition) is 4. The maximum Gasteiger partial charge on any atom is 0.253 e. The van der Waals surface area contributed by atoms with Crippen LogP contribution in [0.4, 0.5) is 0 Å². The Balaban J connectivity index is 1.75. The van der Waals surface area contributed by atoms with Gasteiger partial charge in [0, 0.05) is 24.7 Å². The van der Waals surface area contributed by atoms with Gasteiger partial charge >= 0.3 is 0 Å². The number of hydrogen-bond donors (Lipinski definition) is 1. The summed E-state index contributed by atoms with van der Waals surface area (Å²) in [5, 5.41) is -0.265. The van der Waals surface area contributed by atoms with Crippen LogP contribution >= 0.6 is 0 Å². The zero-order valence-corrected chi connectivity index (χ0v) is 15.9. The molecule has 2 aliphatic rings. The number of sulfone groups is 1. The molecule has 3 rings (SSSR count). The van der Waals surface area contributed by atoms with E-state index in [2.05, 4.69) is 13.8 Å². The van der Waals surface area contributed by atoms with Crippen molar-refractivity contribution in [3.8, 4) is 0 Å². The zero-order chi connectivity index (χ0) is 18.2. The van der Waals surface area contributed by atoms with Crippen molar-refractivity contribution in [3.63, 3.8) is 0 Å². The van der Waals surface area contributed by atoms with E-state index in [4.69, 9.17) is 5.73 Å². The Kier molecular flexibility index (Phi) is 4.95. The van der Waals surface area contributed by atoms with Gasteiger partial charge in [-0.3, -0.25) is 4.79 Å². The highest BCUT2D eigenvalue weighted by Crippen LogP contribution is 2.31. The Morgan fingerprint density at radius 1 is 1.12 bits per heavy atom. The second-order valence-electron chi connectivity index (χ2n) is 8.09. The summed E-state index contributed by atoms with van der Waals surface area (Å²) in [5.74, 6) is -0.0511. The minimum Gasteiger partial charge on any atom is -0.338 e. The third kappa shape index (κ3) is 3.60. The van der Waals surface area contributed by atoms with Crippen LogP contribution in [-0.4, -0.2) is 43.6 Å². The highest BCUT2D eigenvalue weighted by Gasteiger charge is 2.36. The van der Waals surface area contributed by atoms with E-state index in [1.165, 1.54) is 0 Å². The minimum absolute atomic E-state index is 0.0511. The lowest BCUT2D eigenvalue weighted by atomic mass is 9.79. The zero-order valence-electron chi connectivity index (χ0n) is 15.1. The molecule has 1 atom stereocenters. The van der Waals surface area contributed by atoms with Gasteiger partial charge < -0.3 is 10.6 Å². The minimum atomic E-state index is -3.27. The quantitative estimate of drug-likeness (QED) is 0.894. The lowest BCUT2D eigenvalue weighted by Crippen LogP contribution is -2.54. The Morgan fingerprint density at radius 2 is 1.72 bits per heavy atom. The van der Waals surface area contributed by atoms with E-state index in [1.807, 2.05) is 4.90 Å². The molecule has 0 radical (unpaired) electrons. The number of nitrogens with zero attached hydrogens (tertiary/aromatic N) is 1. The van der Waals surface area contributed by atoms with Crippen molar-refractivity contribution in [2.24, 2.45) is 11.1 Å². The van der Waals surface area contributed by atoms with Crippen LogP contribution in [0.15, 0.2) is 29.2 Å². The van der Waals surface area contributed by atoms with Crippen LogP contribution in [0.3, 0.4) is 0 Å². The summed E-state index contributed by atoms with van der Waals surface area (Å²) in [4.78, 5) is 14.9. The van der Waals surface area contributed by atoms with Crippen LogP contribution in [0.1, 0.15) is 56.3 Å². The van der Waals surface area contributed by atoms with Gasteiger partial charge in [0.25, 0.3) is 5.91 Å². The molecule has 1 aromatic carbocycles. The van der Waals surface area contributed by atoms with E-state index >= 15 is 0 Å². The van der Waals surface area contributed by atoms with Crippen molar-refractivity contribution in [1.29, 1.82) is 0 Å². The molecule has 1 saturated carbocycles. The first kappa shape index (κ1) is 18.4. The van der Waals surface area contributed by atoms with E-state index in [0.29, 0.717) is 23.5 Å². The van der Waals surface area contributed by atoms with Gasteiger partial charge in [0.1, 0.15) is 0 Å². The number of benzene rings is 1. The van der Waals surface area contributed by atoms with Crippen LogP contribution < -0.4 is 5.73 Å². The van der Waals surface area contributed by atoms with Crippen molar-refractivity contribution < 1.29 is 13.2 Å². The van der Waals surface area contributed by atoms with Gasteiger partial charge in [-0.2, -0.15) is 0 Å². The fourth-order valence-electron chi connectivity index (χ4n) is 3.91. The first-order valence-corrected chi connectivity index (χ1v) is 10.7. The van der Waals surface area contributed by atoms with E-state index in [9.17, 15) is 13.2 Å². The Hall–Kier alpha value is -1.40. The van der Waals surface area contributed by atoms with Crippen molar-refractivity contribution >= 4 is 15.7 Å². The standard InChI is InChI=1S/C19H28N2O3S/c1-19(2)13-21(12-11-17(19)20)18(22)14-7-9-16(10-8-14)25(23,24)15-5-3-4-6-15/h7-10,15,17H,3-6,11-13,20H2,1-2H3. The van der Waals surface area contributed by atoms with E-state index in [0.717, 1.165) is 32.1 Å². The molecule has 1 aliphatic carbocycles. The fourth-order valence-corrected chi connectivity index (χ4v) is 5.76. The average molecular weight is 365 g/mol. The van der Waals surface area contributed by atoms with Crippen LogP contribution in [0.5, 0.6) is 0 Å². The van der Waals surface area contributed by atoms with Gasteiger partial charge in [-0.25, -0.2) is 8.42 Å². The molecule has 1 aliphatic heterocycles. The normalized spacial score (nSPS) is 24.4. The van der Waals surface area contributed by atoms with E-state index in [1.54, 1.807) is 24.3 Å². The Bertz CT molecular complexity index is 734. The number of rotatable bonds is 3. The van der Waals surface area contributed by atoms with Gasteiger partial charge in [0.15, 0.2) is 9.84 Å². The predicted molar refractivity (Wildman–Crippen MR) is 98.2 cm³/mol. The molecule has 6 heteroatoms. The molecule has 1 unspecified atom stereocenters. The van der Waals surface area contributed by atoms with Gasteiger partial charge in [-0.05, 0) is 48.9 Å². The van der Waals surface area contributed by atoms with E-state index < -0.39 is 9.84 Å². The number of carbonyl (C=O) groups excluding carboxylic acids is 1. The summed E-state index contributed by atoms with van der Waals surface area (Å²) in [6.45, 7) is 5.42. The molecule has 2 fully saturated rings. The van der Waals surface area contributed by atoms with Gasteiger partial charge in [0.2, 0.25) is 0 Å². The van der Waals surface area contributed by atoms with Crippen molar-refractivity contribution in [2.45, 2.75) is 62.1 Å². The second kappa shape index (κ2) is 6.72. The molecule has 1 heterocycles. The number of amides is 1. The summed E-state index contributed by atoms with van der Waals surface area (Å²) in [5.41, 5.74) is 6.56. The molecule has 1 amide bonds. The fraction of sp³-hybridized carbons (Fsp3) is 0.632. The largest absolute Gasteiger partial charge is 0.338 e. The summed E-state index contributed by atoms with van der Waals surface area (Å²) < 4.78 is 25.3. The molecule has 0 bridgehead atoms. The monoisotopic (exact) mass is 364 g/mol. The lowest BCUT2D eigenvalue weighted by molar-refractivity contribution is 0.0533. The van der Waals surface area contributed by atoms with Gasteiger partial charge in [-0.1, -0.05) is 26.7 Å². The maximum atomic E-state index is 12.7. The first-order chi connectivity index (χ1) is 11.7. The first-order valence-electron chi connectivity index (χ1n) is 9.11. The summed E-state index contributed by atoms with van der Waals surface area (Å²) in [7, 11) is -3.27. The molecule has 1 saturated heterocycles. The van der Waals surface area contributed by atoms with Crippen molar-refractivity contribution in [3.05, 3.63) is 29.8 Å².